The van der Waals surface area contributed by atoms with Crippen molar-refractivity contribution in [2.45, 2.75) is 26.3 Å². The zero-order valence-corrected chi connectivity index (χ0v) is 16.0. The van der Waals surface area contributed by atoms with Gasteiger partial charge in [-0.25, -0.2) is 9.37 Å². The molecule has 0 amide bonds. The van der Waals surface area contributed by atoms with Crippen molar-refractivity contribution in [3.8, 4) is 11.3 Å². The molecule has 8 heteroatoms. The number of rotatable bonds is 3. The van der Waals surface area contributed by atoms with E-state index in [-0.39, 0.29) is 11.4 Å². The molecule has 4 rings (SSSR count). The maximum atomic E-state index is 13.3. The van der Waals surface area contributed by atoms with E-state index in [4.69, 9.17) is 10.1 Å². The number of piperazine rings is 1. The molecular weight excluding hydrogens is 351 g/mol. The lowest BCUT2D eigenvalue weighted by atomic mass is 10.1. The van der Waals surface area contributed by atoms with Gasteiger partial charge in [-0.2, -0.15) is 4.52 Å². The van der Waals surface area contributed by atoms with Crippen molar-refractivity contribution in [2.24, 2.45) is 0 Å². The molecule has 1 saturated heterocycles. The monoisotopic (exact) mass is 374 g/mol. The Morgan fingerprint density at radius 1 is 1.15 bits per heavy atom. The number of aromatic nitrogens is 3. The SMILES string of the molecule is CC(C)(C)Nc1c(-c2ccc(F)cc2)nc2sc(N3CCNCC3)nn12. The third kappa shape index (κ3) is 3.39. The van der Waals surface area contributed by atoms with E-state index in [2.05, 4.69) is 36.3 Å². The standard InChI is InChI=1S/C18H23FN6S/c1-18(2,3)22-15-14(12-4-6-13(19)7-5-12)21-16-25(15)23-17(26-16)24-10-8-20-9-11-24/h4-7,20,22H,8-11H2,1-3H3. The molecule has 0 unspecified atom stereocenters. The van der Waals surface area contributed by atoms with Gasteiger partial charge < -0.3 is 15.5 Å². The maximum Gasteiger partial charge on any atom is 0.216 e. The van der Waals surface area contributed by atoms with Gasteiger partial charge in [-0.3, -0.25) is 0 Å². The summed E-state index contributed by atoms with van der Waals surface area (Å²) in [6.07, 6.45) is 0. The van der Waals surface area contributed by atoms with Gasteiger partial charge in [0.05, 0.1) is 0 Å². The first-order valence-corrected chi connectivity index (χ1v) is 9.62. The molecule has 0 saturated carbocycles. The van der Waals surface area contributed by atoms with Crippen LogP contribution in [-0.4, -0.2) is 46.3 Å². The lowest BCUT2D eigenvalue weighted by molar-refractivity contribution is 0.585. The first kappa shape index (κ1) is 17.2. The number of fused-ring (bicyclic) bond motifs is 1. The van der Waals surface area contributed by atoms with Crippen molar-refractivity contribution in [3.63, 3.8) is 0 Å². The molecule has 2 N–H and O–H groups in total. The van der Waals surface area contributed by atoms with Crippen LogP contribution in [0.3, 0.4) is 0 Å². The van der Waals surface area contributed by atoms with Crippen molar-refractivity contribution in [3.05, 3.63) is 30.1 Å². The molecule has 138 valence electrons. The van der Waals surface area contributed by atoms with E-state index < -0.39 is 0 Å². The molecule has 3 heterocycles. The third-order valence-corrected chi connectivity index (χ3v) is 5.16. The largest absolute Gasteiger partial charge is 0.364 e. The fourth-order valence-corrected chi connectivity index (χ4v) is 3.95. The second kappa shape index (κ2) is 6.51. The Hall–Kier alpha value is -2.19. The van der Waals surface area contributed by atoms with E-state index in [1.165, 1.54) is 12.1 Å². The highest BCUT2D eigenvalue weighted by atomic mass is 32.1. The van der Waals surface area contributed by atoms with Crippen LogP contribution in [0, 0.1) is 5.82 Å². The summed E-state index contributed by atoms with van der Waals surface area (Å²) in [6, 6.07) is 6.44. The molecule has 1 fully saturated rings. The van der Waals surface area contributed by atoms with Crippen LogP contribution in [0.1, 0.15) is 20.8 Å². The average molecular weight is 374 g/mol. The molecular formula is C18H23FN6S. The molecule has 26 heavy (non-hydrogen) atoms. The summed E-state index contributed by atoms with van der Waals surface area (Å²) < 4.78 is 15.2. The van der Waals surface area contributed by atoms with E-state index in [1.54, 1.807) is 23.5 Å². The number of benzene rings is 1. The fourth-order valence-electron chi connectivity index (χ4n) is 3.00. The van der Waals surface area contributed by atoms with Crippen molar-refractivity contribution in [1.82, 2.24) is 19.9 Å². The summed E-state index contributed by atoms with van der Waals surface area (Å²) in [4.78, 5) is 7.93. The highest BCUT2D eigenvalue weighted by Crippen LogP contribution is 2.34. The van der Waals surface area contributed by atoms with Gasteiger partial charge in [0.2, 0.25) is 10.1 Å². The summed E-state index contributed by atoms with van der Waals surface area (Å²) in [5.74, 6) is 0.593. The molecule has 1 aliphatic heterocycles. The Kier molecular flexibility index (Phi) is 4.32. The van der Waals surface area contributed by atoms with E-state index in [1.807, 2.05) is 4.52 Å². The van der Waals surface area contributed by atoms with Crippen LogP contribution in [0.4, 0.5) is 15.3 Å². The van der Waals surface area contributed by atoms with Crippen LogP contribution >= 0.6 is 11.3 Å². The number of nitrogens with zero attached hydrogens (tertiary/aromatic N) is 4. The van der Waals surface area contributed by atoms with Gasteiger partial charge in [-0.15, -0.1) is 5.10 Å². The summed E-state index contributed by atoms with van der Waals surface area (Å²) in [7, 11) is 0. The Morgan fingerprint density at radius 3 is 2.50 bits per heavy atom. The third-order valence-electron chi connectivity index (χ3n) is 4.19. The van der Waals surface area contributed by atoms with Gasteiger partial charge in [0, 0.05) is 37.3 Å². The molecule has 2 aromatic heterocycles. The second-order valence-electron chi connectivity index (χ2n) is 7.51. The Balaban J connectivity index is 1.79. The van der Waals surface area contributed by atoms with Crippen molar-refractivity contribution in [2.75, 3.05) is 36.4 Å². The Morgan fingerprint density at radius 2 is 1.85 bits per heavy atom. The fraction of sp³-hybridized carbons (Fsp3) is 0.444. The average Bonchev–Trinajstić information content (AvgIpc) is 3.15. The molecule has 1 aliphatic rings. The van der Waals surface area contributed by atoms with E-state index in [9.17, 15) is 4.39 Å². The van der Waals surface area contributed by atoms with E-state index in [0.717, 1.165) is 53.3 Å². The van der Waals surface area contributed by atoms with Crippen LogP contribution in [0.5, 0.6) is 0 Å². The number of hydrogen-bond donors (Lipinski definition) is 2. The van der Waals surface area contributed by atoms with Gasteiger partial charge in [0.25, 0.3) is 0 Å². The Bertz CT molecular complexity index is 902. The minimum atomic E-state index is -0.251. The first-order chi connectivity index (χ1) is 12.4. The second-order valence-corrected chi connectivity index (χ2v) is 8.44. The highest BCUT2D eigenvalue weighted by molar-refractivity contribution is 7.20. The number of anilines is 2. The van der Waals surface area contributed by atoms with Crippen LogP contribution in [0.2, 0.25) is 0 Å². The van der Waals surface area contributed by atoms with Gasteiger partial charge >= 0.3 is 0 Å². The van der Waals surface area contributed by atoms with Crippen LogP contribution < -0.4 is 15.5 Å². The quantitative estimate of drug-likeness (QED) is 0.737. The summed E-state index contributed by atoms with van der Waals surface area (Å²) in [5, 5.41) is 12.7. The summed E-state index contributed by atoms with van der Waals surface area (Å²) in [5.41, 5.74) is 1.52. The predicted molar refractivity (Wildman–Crippen MR) is 105 cm³/mol. The lowest BCUT2D eigenvalue weighted by Gasteiger charge is -2.26. The van der Waals surface area contributed by atoms with Crippen LogP contribution in [0.15, 0.2) is 24.3 Å². The highest BCUT2D eigenvalue weighted by Gasteiger charge is 2.24. The van der Waals surface area contributed by atoms with E-state index in [0.29, 0.717) is 0 Å². The van der Waals surface area contributed by atoms with Crippen LogP contribution in [-0.2, 0) is 0 Å². The molecule has 3 aromatic rings. The van der Waals surface area contributed by atoms with Crippen molar-refractivity contribution in [1.29, 1.82) is 0 Å². The van der Waals surface area contributed by atoms with Gasteiger partial charge in [0.15, 0.2) is 5.82 Å². The lowest BCUT2D eigenvalue weighted by Crippen LogP contribution is -2.43. The molecule has 1 aromatic carbocycles. The molecule has 0 aliphatic carbocycles. The maximum absolute atomic E-state index is 13.3. The topological polar surface area (TPSA) is 57.5 Å². The van der Waals surface area contributed by atoms with E-state index >= 15 is 0 Å². The minimum absolute atomic E-state index is 0.149. The minimum Gasteiger partial charge on any atom is -0.364 e. The number of hydrogen-bond acceptors (Lipinski definition) is 6. The zero-order chi connectivity index (χ0) is 18.3. The normalized spacial score (nSPS) is 15.6. The molecule has 0 radical (unpaired) electrons. The van der Waals surface area contributed by atoms with Gasteiger partial charge in [0.1, 0.15) is 11.5 Å². The molecule has 6 nitrogen and oxygen atoms in total. The number of imidazole rings is 1. The molecule has 0 spiro atoms. The number of halogens is 1. The van der Waals surface area contributed by atoms with Gasteiger partial charge in [-0.05, 0) is 45.0 Å². The molecule has 0 bridgehead atoms. The first-order valence-electron chi connectivity index (χ1n) is 8.80. The van der Waals surface area contributed by atoms with Crippen LogP contribution in [0.25, 0.3) is 16.2 Å². The zero-order valence-electron chi connectivity index (χ0n) is 15.2. The summed E-state index contributed by atoms with van der Waals surface area (Å²) in [6.45, 7) is 10.1. The van der Waals surface area contributed by atoms with Crippen molar-refractivity contribution < 1.29 is 4.39 Å². The van der Waals surface area contributed by atoms with Gasteiger partial charge in [-0.1, -0.05) is 11.3 Å². The number of nitrogens with one attached hydrogen (secondary N) is 2. The molecule has 0 atom stereocenters. The smallest absolute Gasteiger partial charge is 0.216 e. The predicted octanol–water partition coefficient (Wildman–Crippen LogP) is 3.22. The summed E-state index contributed by atoms with van der Waals surface area (Å²) >= 11 is 1.59. The van der Waals surface area contributed by atoms with Crippen molar-refractivity contribution >= 4 is 27.2 Å². The Labute approximate surface area is 156 Å².